The number of aliphatic hydroxyl groups is 1. The third-order valence-electron chi connectivity index (χ3n) is 4.74. The van der Waals surface area contributed by atoms with E-state index in [0.29, 0.717) is 39.0 Å². The van der Waals surface area contributed by atoms with Crippen molar-refractivity contribution in [1.29, 1.82) is 0 Å². The summed E-state index contributed by atoms with van der Waals surface area (Å²) < 4.78 is 10.4. The van der Waals surface area contributed by atoms with Gasteiger partial charge in [-0.1, -0.05) is 30.3 Å². The highest BCUT2D eigenvalue weighted by Gasteiger charge is 2.41. The Labute approximate surface area is 141 Å². The molecule has 1 aliphatic heterocycles. The molecular formula is C19H23NO4. The number of ether oxygens (including phenoxy) is 1. The SMILES string of the molecule is O=C(NCC[C@@H](O)c1ccoc1)C1(c2ccccc2)CCOCC1. The molecule has 1 atom stereocenters. The highest BCUT2D eigenvalue weighted by Crippen LogP contribution is 2.35. The summed E-state index contributed by atoms with van der Waals surface area (Å²) in [6, 6.07) is 11.6. The molecule has 1 saturated heterocycles. The fraction of sp³-hybridized carbons (Fsp3) is 0.421. The van der Waals surface area contributed by atoms with Gasteiger partial charge in [0.15, 0.2) is 0 Å². The van der Waals surface area contributed by atoms with E-state index in [1.807, 2.05) is 30.3 Å². The largest absolute Gasteiger partial charge is 0.472 e. The minimum atomic E-state index is -0.633. The van der Waals surface area contributed by atoms with Crippen LogP contribution in [-0.4, -0.2) is 30.8 Å². The third kappa shape index (κ3) is 3.52. The molecule has 1 aromatic carbocycles. The van der Waals surface area contributed by atoms with Crippen molar-refractivity contribution in [2.24, 2.45) is 0 Å². The van der Waals surface area contributed by atoms with E-state index in [-0.39, 0.29) is 5.91 Å². The molecule has 2 aromatic rings. The Hall–Kier alpha value is -2.11. The van der Waals surface area contributed by atoms with Crippen LogP contribution in [0.25, 0.3) is 0 Å². The number of aliphatic hydroxyl groups excluding tert-OH is 1. The molecule has 3 rings (SSSR count). The molecule has 1 fully saturated rings. The topological polar surface area (TPSA) is 71.7 Å². The Balaban J connectivity index is 1.64. The predicted octanol–water partition coefficient (Wildman–Crippen LogP) is 2.57. The third-order valence-corrected chi connectivity index (χ3v) is 4.74. The van der Waals surface area contributed by atoms with Gasteiger partial charge in [-0.05, 0) is 30.9 Å². The standard InChI is InChI=1S/C19H23NO4/c21-17(15-7-11-24-14-15)6-10-20-18(22)19(8-12-23-13-9-19)16-4-2-1-3-5-16/h1-5,7,11,14,17,21H,6,8-10,12-13H2,(H,20,22)/t17-/m1/s1. The Kier molecular flexibility index (Phi) is 5.33. The number of amides is 1. The van der Waals surface area contributed by atoms with Crippen molar-refractivity contribution in [2.45, 2.75) is 30.8 Å². The van der Waals surface area contributed by atoms with E-state index in [2.05, 4.69) is 5.32 Å². The van der Waals surface area contributed by atoms with Crippen LogP contribution >= 0.6 is 0 Å². The minimum absolute atomic E-state index is 0.0105. The van der Waals surface area contributed by atoms with E-state index in [0.717, 1.165) is 11.1 Å². The Bertz CT molecular complexity index is 633. The lowest BCUT2D eigenvalue weighted by molar-refractivity contribution is -0.130. The predicted molar refractivity (Wildman–Crippen MR) is 89.5 cm³/mol. The number of nitrogens with one attached hydrogen (secondary N) is 1. The quantitative estimate of drug-likeness (QED) is 0.854. The van der Waals surface area contributed by atoms with Crippen molar-refractivity contribution in [3.63, 3.8) is 0 Å². The van der Waals surface area contributed by atoms with Crippen molar-refractivity contribution in [3.8, 4) is 0 Å². The van der Waals surface area contributed by atoms with Gasteiger partial charge >= 0.3 is 0 Å². The molecular weight excluding hydrogens is 306 g/mol. The number of carbonyl (C=O) groups is 1. The van der Waals surface area contributed by atoms with E-state index < -0.39 is 11.5 Å². The van der Waals surface area contributed by atoms with Crippen LogP contribution in [0.3, 0.4) is 0 Å². The Morgan fingerprint density at radius 3 is 2.62 bits per heavy atom. The van der Waals surface area contributed by atoms with Gasteiger partial charge in [-0.2, -0.15) is 0 Å². The van der Waals surface area contributed by atoms with Crippen molar-refractivity contribution in [2.75, 3.05) is 19.8 Å². The summed E-state index contributed by atoms with van der Waals surface area (Å²) in [4.78, 5) is 12.9. The highest BCUT2D eigenvalue weighted by atomic mass is 16.5. The lowest BCUT2D eigenvalue weighted by atomic mass is 9.73. The van der Waals surface area contributed by atoms with Gasteiger partial charge in [-0.3, -0.25) is 4.79 Å². The molecule has 5 nitrogen and oxygen atoms in total. The van der Waals surface area contributed by atoms with Crippen LogP contribution in [0, 0.1) is 0 Å². The van der Waals surface area contributed by atoms with Gasteiger partial charge in [0, 0.05) is 25.3 Å². The molecule has 0 unspecified atom stereocenters. The van der Waals surface area contributed by atoms with Crippen LogP contribution in [0.4, 0.5) is 0 Å². The average molecular weight is 329 g/mol. The van der Waals surface area contributed by atoms with E-state index in [1.54, 1.807) is 6.07 Å². The van der Waals surface area contributed by atoms with Gasteiger partial charge in [0.05, 0.1) is 24.0 Å². The summed E-state index contributed by atoms with van der Waals surface area (Å²) in [6.45, 7) is 1.58. The van der Waals surface area contributed by atoms with Crippen molar-refractivity contribution < 1.29 is 19.1 Å². The second kappa shape index (κ2) is 7.64. The first-order valence-corrected chi connectivity index (χ1v) is 8.34. The van der Waals surface area contributed by atoms with Crippen LogP contribution in [0.2, 0.25) is 0 Å². The average Bonchev–Trinajstić information content (AvgIpc) is 3.17. The maximum Gasteiger partial charge on any atom is 0.230 e. The molecule has 0 saturated carbocycles. The summed E-state index contributed by atoms with van der Waals surface area (Å²) in [7, 11) is 0. The van der Waals surface area contributed by atoms with Crippen molar-refractivity contribution >= 4 is 5.91 Å². The summed E-state index contributed by atoms with van der Waals surface area (Å²) >= 11 is 0. The fourth-order valence-corrected chi connectivity index (χ4v) is 3.25. The van der Waals surface area contributed by atoms with Gasteiger partial charge in [0.1, 0.15) is 0 Å². The molecule has 0 radical (unpaired) electrons. The summed E-state index contributed by atoms with van der Waals surface area (Å²) in [5.41, 5.74) is 1.22. The van der Waals surface area contributed by atoms with Crippen molar-refractivity contribution in [1.82, 2.24) is 5.32 Å². The zero-order valence-corrected chi connectivity index (χ0v) is 13.6. The molecule has 1 aliphatic rings. The zero-order chi connectivity index (χ0) is 16.8. The van der Waals surface area contributed by atoms with Crippen LogP contribution in [0.1, 0.15) is 36.5 Å². The number of benzene rings is 1. The minimum Gasteiger partial charge on any atom is -0.472 e. The molecule has 1 amide bonds. The lowest BCUT2D eigenvalue weighted by Gasteiger charge is -2.36. The van der Waals surface area contributed by atoms with E-state index in [4.69, 9.17) is 9.15 Å². The van der Waals surface area contributed by atoms with Crippen LogP contribution in [-0.2, 0) is 14.9 Å². The summed E-state index contributed by atoms with van der Waals surface area (Å²) in [5.74, 6) is 0.0105. The molecule has 0 spiro atoms. The second-order valence-electron chi connectivity index (χ2n) is 6.18. The van der Waals surface area contributed by atoms with Crippen molar-refractivity contribution in [3.05, 3.63) is 60.1 Å². The van der Waals surface area contributed by atoms with E-state index >= 15 is 0 Å². The first kappa shape index (κ1) is 16.7. The first-order valence-electron chi connectivity index (χ1n) is 8.34. The molecule has 24 heavy (non-hydrogen) atoms. The number of rotatable bonds is 6. The fourth-order valence-electron chi connectivity index (χ4n) is 3.25. The van der Waals surface area contributed by atoms with Crippen LogP contribution in [0.15, 0.2) is 53.3 Å². The normalized spacial score (nSPS) is 18.0. The van der Waals surface area contributed by atoms with Gasteiger partial charge < -0.3 is 19.6 Å². The number of carbonyl (C=O) groups excluding carboxylic acids is 1. The first-order chi connectivity index (χ1) is 11.7. The molecule has 2 N–H and O–H groups in total. The number of furan rings is 1. The van der Waals surface area contributed by atoms with E-state index in [1.165, 1.54) is 12.5 Å². The monoisotopic (exact) mass is 329 g/mol. The molecule has 0 bridgehead atoms. The van der Waals surface area contributed by atoms with Gasteiger partial charge in [-0.25, -0.2) is 0 Å². The second-order valence-corrected chi connectivity index (χ2v) is 6.18. The summed E-state index contributed by atoms with van der Waals surface area (Å²) in [6.07, 6.45) is 4.22. The van der Waals surface area contributed by atoms with Crippen LogP contribution in [0.5, 0.6) is 0 Å². The molecule has 1 aromatic heterocycles. The number of hydrogen-bond donors (Lipinski definition) is 2. The van der Waals surface area contributed by atoms with Gasteiger partial charge in [-0.15, -0.1) is 0 Å². The maximum absolute atomic E-state index is 12.9. The van der Waals surface area contributed by atoms with Gasteiger partial charge in [0.2, 0.25) is 5.91 Å². The van der Waals surface area contributed by atoms with E-state index in [9.17, 15) is 9.90 Å². The smallest absolute Gasteiger partial charge is 0.230 e. The lowest BCUT2D eigenvalue weighted by Crippen LogP contribution is -2.48. The Morgan fingerprint density at radius 2 is 1.96 bits per heavy atom. The molecule has 0 aliphatic carbocycles. The Morgan fingerprint density at radius 1 is 1.21 bits per heavy atom. The van der Waals surface area contributed by atoms with Crippen LogP contribution < -0.4 is 5.32 Å². The highest BCUT2D eigenvalue weighted by molar-refractivity contribution is 5.88. The molecule has 2 heterocycles. The molecule has 5 heteroatoms. The zero-order valence-electron chi connectivity index (χ0n) is 13.6. The van der Waals surface area contributed by atoms with Gasteiger partial charge in [0.25, 0.3) is 0 Å². The number of hydrogen-bond acceptors (Lipinski definition) is 4. The molecule has 128 valence electrons. The maximum atomic E-state index is 12.9. The summed E-state index contributed by atoms with van der Waals surface area (Å²) in [5, 5.41) is 13.1.